The number of carbonyl (C=O) groups is 1. The van der Waals surface area contributed by atoms with Gasteiger partial charge in [-0.15, -0.1) is 0 Å². The van der Waals surface area contributed by atoms with Crippen molar-refractivity contribution in [2.75, 3.05) is 13.1 Å². The van der Waals surface area contributed by atoms with Crippen LogP contribution in [0.25, 0.3) is 5.69 Å². The monoisotopic (exact) mass is 339 g/mol. The number of carbonyl (C=O) groups excluding carboxylic acids is 1. The molecule has 1 saturated heterocycles. The summed E-state index contributed by atoms with van der Waals surface area (Å²) < 4.78 is 16.9. The van der Waals surface area contributed by atoms with Crippen molar-refractivity contribution in [1.82, 2.24) is 24.2 Å². The highest BCUT2D eigenvalue weighted by Crippen LogP contribution is 2.22. The molecule has 1 unspecified atom stereocenters. The molecule has 1 fully saturated rings. The largest absolute Gasteiger partial charge is 0.335 e. The predicted molar refractivity (Wildman–Crippen MR) is 89.9 cm³/mol. The van der Waals surface area contributed by atoms with E-state index in [2.05, 4.69) is 10.1 Å². The molecule has 4 rings (SSSR count). The average Bonchev–Trinajstić information content (AvgIpc) is 3.33. The molecule has 2 aromatic heterocycles. The Morgan fingerprint density at radius 2 is 2.16 bits per heavy atom. The van der Waals surface area contributed by atoms with Gasteiger partial charge in [0.15, 0.2) is 5.69 Å². The summed E-state index contributed by atoms with van der Waals surface area (Å²) in [6.07, 6.45) is 9.12. The van der Waals surface area contributed by atoms with Crippen molar-refractivity contribution in [3.8, 4) is 5.69 Å². The SMILES string of the molecule is O=C(c1ccn(-c2cccc(F)c2)n1)N1CCCC(n2ccnc2)C1. The minimum atomic E-state index is -0.333. The molecule has 0 spiro atoms. The number of hydrogen-bond donors (Lipinski definition) is 0. The molecule has 3 heterocycles. The Bertz CT molecular complexity index is 873. The highest BCUT2D eigenvalue weighted by atomic mass is 19.1. The Balaban J connectivity index is 1.51. The molecule has 3 aromatic rings. The normalized spacial score (nSPS) is 17.6. The number of hydrogen-bond acceptors (Lipinski definition) is 3. The number of imidazole rings is 1. The number of rotatable bonds is 3. The molecule has 0 N–H and O–H groups in total. The molecule has 128 valence electrons. The number of nitrogens with zero attached hydrogens (tertiary/aromatic N) is 5. The molecule has 0 radical (unpaired) electrons. The molecular weight excluding hydrogens is 321 g/mol. The summed E-state index contributed by atoms with van der Waals surface area (Å²) >= 11 is 0. The Morgan fingerprint density at radius 1 is 1.24 bits per heavy atom. The van der Waals surface area contributed by atoms with Crippen LogP contribution in [-0.2, 0) is 0 Å². The Kier molecular flexibility index (Phi) is 4.05. The molecule has 7 heteroatoms. The van der Waals surface area contributed by atoms with Gasteiger partial charge in [-0.1, -0.05) is 6.07 Å². The average molecular weight is 339 g/mol. The summed E-state index contributed by atoms with van der Waals surface area (Å²) in [6, 6.07) is 8.05. The number of piperidine rings is 1. The first-order chi connectivity index (χ1) is 12.2. The minimum Gasteiger partial charge on any atom is -0.335 e. The zero-order valence-electron chi connectivity index (χ0n) is 13.6. The summed E-state index contributed by atoms with van der Waals surface area (Å²) in [5.74, 6) is -0.431. The van der Waals surface area contributed by atoms with E-state index in [9.17, 15) is 9.18 Å². The van der Waals surface area contributed by atoms with Crippen LogP contribution in [0.2, 0.25) is 0 Å². The molecular formula is C18H18FN5O. The molecule has 1 aliphatic rings. The lowest BCUT2D eigenvalue weighted by molar-refractivity contribution is 0.0673. The Hall–Kier alpha value is -2.96. The third kappa shape index (κ3) is 3.17. The van der Waals surface area contributed by atoms with Crippen molar-refractivity contribution < 1.29 is 9.18 Å². The first kappa shape index (κ1) is 15.6. The van der Waals surface area contributed by atoms with E-state index in [1.165, 1.54) is 16.8 Å². The zero-order chi connectivity index (χ0) is 17.2. The van der Waals surface area contributed by atoms with Crippen molar-refractivity contribution in [2.45, 2.75) is 18.9 Å². The van der Waals surface area contributed by atoms with Gasteiger partial charge in [-0.25, -0.2) is 14.1 Å². The maximum absolute atomic E-state index is 13.4. The van der Waals surface area contributed by atoms with Gasteiger partial charge in [0.25, 0.3) is 5.91 Å². The lowest BCUT2D eigenvalue weighted by atomic mass is 10.1. The van der Waals surface area contributed by atoms with Crippen molar-refractivity contribution in [1.29, 1.82) is 0 Å². The predicted octanol–water partition coefficient (Wildman–Crippen LogP) is 2.69. The van der Waals surface area contributed by atoms with E-state index in [-0.39, 0.29) is 17.8 Å². The molecule has 1 amide bonds. The molecule has 0 saturated carbocycles. The van der Waals surface area contributed by atoms with Gasteiger partial charge in [-0.3, -0.25) is 4.79 Å². The summed E-state index contributed by atoms with van der Waals surface area (Å²) in [6.45, 7) is 1.36. The van der Waals surface area contributed by atoms with E-state index in [1.54, 1.807) is 36.9 Å². The second-order valence-corrected chi connectivity index (χ2v) is 6.18. The number of amides is 1. The van der Waals surface area contributed by atoms with Gasteiger partial charge in [-0.2, -0.15) is 5.10 Å². The molecule has 25 heavy (non-hydrogen) atoms. The molecule has 6 nitrogen and oxygen atoms in total. The van der Waals surface area contributed by atoms with E-state index < -0.39 is 0 Å². The van der Waals surface area contributed by atoms with E-state index >= 15 is 0 Å². The van der Waals surface area contributed by atoms with Gasteiger partial charge >= 0.3 is 0 Å². The number of aromatic nitrogens is 4. The highest BCUT2D eigenvalue weighted by Gasteiger charge is 2.26. The fourth-order valence-electron chi connectivity index (χ4n) is 3.23. The smallest absolute Gasteiger partial charge is 0.274 e. The van der Waals surface area contributed by atoms with Crippen LogP contribution < -0.4 is 0 Å². The molecule has 1 atom stereocenters. The summed E-state index contributed by atoms with van der Waals surface area (Å²) in [7, 11) is 0. The van der Waals surface area contributed by atoms with E-state index in [0.29, 0.717) is 17.9 Å². The summed E-state index contributed by atoms with van der Waals surface area (Å²) in [5.41, 5.74) is 0.963. The molecule has 0 aliphatic carbocycles. The van der Waals surface area contributed by atoms with Crippen LogP contribution >= 0.6 is 0 Å². The Morgan fingerprint density at radius 3 is 2.96 bits per heavy atom. The third-order valence-electron chi connectivity index (χ3n) is 4.51. The first-order valence-electron chi connectivity index (χ1n) is 8.29. The van der Waals surface area contributed by atoms with E-state index in [4.69, 9.17) is 0 Å². The second-order valence-electron chi connectivity index (χ2n) is 6.18. The molecule has 1 aromatic carbocycles. The van der Waals surface area contributed by atoms with Gasteiger partial charge < -0.3 is 9.47 Å². The van der Waals surface area contributed by atoms with Crippen molar-refractivity contribution >= 4 is 5.91 Å². The standard InChI is InChI=1S/C18H18FN5O/c19-14-3-1-4-15(11-14)24-9-6-17(21-24)18(25)22-8-2-5-16(12-22)23-10-7-20-13-23/h1,3-4,6-7,9-11,13,16H,2,5,8,12H2. The number of benzene rings is 1. The van der Waals surface area contributed by atoms with Gasteiger partial charge in [0.1, 0.15) is 5.82 Å². The van der Waals surface area contributed by atoms with Crippen LogP contribution in [0.5, 0.6) is 0 Å². The second kappa shape index (κ2) is 6.51. The maximum atomic E-state index is 13.4. The number of halogens is 1. The Labute approximate surface area is 144 Å². The fraction of sp³-hybridized carbons (Fsp3) is 0.278. The van der Waals surface area contributed by atoms with Crippen molar-refractivity contribution in [2.24, 2.45) is 0 Å². The number of likely N-dealkylation sites (tertiary alicyclic amines) is 1. The van der Waals surface area contributed by atoms with Gasteiger partial charge in [-0.05, 0) is 37.1 Å². The van der Waals surface area contributed by atoms with Gasteiger partial charge in [0.2, 0.25) is 0 Å². The minimum absolute atomic E-state index is 0.0973. The molecule has 0 bridgehead atoms. The van der Waals surface area contributed by atoms with Crippen molar-refractivity contribution in [3.63, 3.8) is 0 Å². The van der Waals surface area contributed by atoms with Crippen LogP contribution in [0.4, 0.5) is 4.39 Å². The van der Waals surface area contributed by atoms with Crippen LogP contribution in [0, 0.1) is 5.82 Å². The van der Waals surface area contributed by atoms with E-state index in [0.717, 1.165) is 19.4 Å². The van der Waals surface area contributed by atoms with Crippen LogP contribution in [0.1, 0.15) is 29.4 Å². The highest BCUT2D eigenvalue weighted by molar-refractivity contribution is 5.92. The van der Waals surface area contributed by atoms with Gasteiger partial charge in [0.05, 0.1) is 18.1 Å². The lowest BCUT2D eigenvalue weighted by Gasteiger charge is -2.32. The zero-order valence-corrected chi connectivity index (χ0v) is 13.6. The topological polar surface area (TPSA) is 56.0 Å². The molecule has 1 aliphatic heterocycles. The fourth-order valence-corrected chi connectivity index (χ4v) is 3.23. The lowest BCUT2D eigenvalue weighted by Crippen LogP contribution is -2.40. The van der Waals surface area contributed by atoms with Crippen LogP contribution in [-0.4, -0.2) is 43.2 Å². The first-order valence-corrected chi connectivity index (χ1v) is 8.29. The van der Waals surface area contributed by atoms with Crippen LogP contribution in [0.3, 0.4) is 0 Å². The summed E-state index contributed by atoms with van der Waals surface area (Å²) in [4.78, 5) is 18.7. The summed E-state index contributed by atoms with van der Waals surface area (Å²) in [5, 5.41) is 4.32. The van der Waals surface area contributed by atoms with Gasteiger partial charge in [0, 0.05) is 31.7 Å². The third-order valence-corrected chi connectivity index (χ3v) is 4.51. The van der Waals surface area contributed by atoms with Crippen LogP contribution in [0.15, 0.2) is 55.2 Å². The quantitative estimate of drug-likeness (QED) is 0.737. The van der Waals surface area contributed by atoms with E-state index in [1.807, 2.05) is 15.7 Å². The van der Waals surface area contributed by atoms with Crippen molar-refractivity contribution in [3.05, 3.63) is 66.8 Å². The maximum Gasteiger partial charge on any atom is 0.274 e.